The molecule has 0 amide bonds. The average Bonchev–Trinajstić information content (AvgIpc) is 3.05. The van der Waals surface area contributed by atoms with Crippen LogP contribution in [-0.4, -0.2) is 29.9 Å². The van der Waals surface area contributed by atoms with E-state index in [-0.39, 0.29) is 10.6 Å². The molecule has 0 radical (unpaired) electrons. The largest absolute Gasteiger partial charge is 0.273 e. The van der Waals surface area contributed by atoms with Gasteiger partial charge in [-0.1, -0.05) is 29.8 Å². The van der Waals surface area contributed by atoms with Gasteiger partial charge in [-0.3, -0.25) is 10.1 Å². The van der Waals surface area contributed by atoms with Gasteiger partial charge < -0.3 is 0 Å². The molecule has 0 aromatic heterocycles. The van der Waals surface area contributed by atoms with E-state index in [0.717, 1.165) is 11.6 Å². The van der Waals surface area contributed by atoms with Crippen LogP contribution in [0.4, 0.5) is 5.69 Å². The molecule has 132 valence electrons. The molecule has 0 spiro atoms. The molecular weight excluding hydrogens is 384 g/mol. The fourth-order valence-electron chi connectivity index (χ4n) is 2.71. The normalized spacial score (nSPS) is 18.4. The number of nitro benzene ring substituents is 1. The van der Waals surface area contributed by atoms with Crippen molar-refractivity contribution in [3.05, 3.63) is 68.7 Å². The second kappa shape index (κ2) is 6.95. The third-order valence-corrected chi connectivity index (χ3v) is 7.46. The van der Waals surface area contributed by atoms with Crippen molar-refractivity contribution in [1.82, 2.24) is 4.31 Å². The number of hydrogen-bond acceptors (Lipinski definition) is 5. The minimum absolute atomic E-state index is 0.0701. The van der Waals surface area contributed by atoms with E-state index >= 15 is 0 Å². The van der Waals surface area contributed by atoms with Gasteiger partial charge in [-0.15, -0.1) is 11.8 Å². The lowest BCUT2D eigenvalue weighted by atomic mass is 10.2. The highest BCUT2D eigenvalue weighted by atomic mass is 35.5. The van der Waals surface area contributed by atoms with Crippen LogP contribution in [0, 0.1) is 17.0 Å². The molecule has 3 rings (SSSR count). The minimum atomic E-state index is -3.86. The molecule has 2 aromatic rings. The summed E-state index contributed by atoms with van der Waals surface area (Å²) in [5, 5.41) is 11.3. The van der Waals surface area contributed by atoms with Crippen LogP contribution in [0.25, 0.3) is 0 Å². The highest BCUT2D eigenvalue weighted by molar-refractivity contribution is 8.01. The van der Waals surface area contributed by atoms with Crippen LogP contribution in [0.5, 0.6) is 0 Å². The van der Waals surface area contributed by atoms with E-state index in [4.69, 9.17) is 11.6 Å². The Morgan fingerprint density at radius 3 is 2.72 bits per heavy atom. The lowest BCUT2D eigenvalue weighted by Crippen LogP contribution is -2.30. The topological polar surface area (TPSA) is 80.5 Å². The molecule has 25 heavy (non-hydrogen) atoms. The average molecular weight is 399 g/mol. The lowest BCUT2D eigenvalue weighted by Gasteiger charge is -2.23. The predicted molar refractivity (Wildman–Crippen MR) is 98.4 cm³/mol. The number of aryl methyl sites for hydroxylation is 1. The van der Waals surface area contributed by atoms with E-state index < -0.39 is 20.3 Å². The molecular formula is C16H15ClN2O4S2. The smallest absolute Gasteiger partial charge is 0.258 e. The van der Waals surface area contributed by atoms with Gasteiger partial charge >= 0.3 is 0 Å². The zero-order valence-electron chi connectivity index (χ0n) is 13.3. The van der Waals surface area contributed by atoms with E-state index in [1.165, 1.54) is 28.2 Å². The van der Waals surface area contributed by atoms with Crippen molar-refractivity contribution in [3.63, 3.8) is 0 Å². The maximum atomic E-state index is 13.0. The van der Waals surface area contributed by atoms with Crippen LogP contribution < -0.4 is 0 Å². The summed E-state index contributed by atoms with van der Waals surface area (Å²) in [7, 11) is -3.86. The quantitative estimate of drug-likeness (QED) is 0.574. The van der Waals surface area contributed by atoms with Crippen molar-refractivity contribution in [2.75, 3.05) is 12.3 Å². The Morgan fingerprint density at radius 1 is 1.28 bits per heavy atom. The first-order valence-corrected chi connectivity index (χ1v) is 10.3. The molecule has 1 saturated heterocycles. The summed E-state index contributed by atoms with van der Waals surface area (Å²) in [5.74, 6) is 0.643. The maximum Gasteiger partial charge on any atom is 0.273 e. The summed E-state index contributed by atoms with van der Waals surface area (Å²) in [6, 6.07) is 11.1. The summed E-state index contributed by atoms with van der Waals surface area (Å²) in [4.78, 5) is 10.5. The predicted octanol–water partition coefficient (Wildman–Crippen LogP) is 3.99. The molecule has 2 aromatic carbocycles. The number of sulfonamides is 1. The highest BCUT2D eigenvalue weighted by Gasteiger charge is 2.37. The zero-order chi connectivity index (χ0) is 18.2. The number of halogens is 1. The van der Waals surface area contributed by atoms with Crippen molar-refractivity contribution in [3.8, 4) is 0 Å². The maximum absolute atomic E-state index is 13.0. The van der Waals surface area contributed by atoms with Crippen molar-refractivity contribution < 1.29 is 13.3 Å². The van der Waals surface area contributed by atoms with Gasteiger partial charge in [-0.25, -0.2) is 8.42 Å². The fraction of sp³-hybridized carbons (Fsp3) is 0.250. The van der Waals surface area contributed by atoms with Crippen LogP contribution in [0.2, 0.25) is 5.02 Å². The standard InChI is InChI=1S/C16H15ClN2O4S2/c1-11-5-6-14(10-15(11)19(20)21)25(22,23)18-7-8-24-16(18)12-3-2-4-13(17)9-12/h2-6,9-10,16H,7-8H2,1H3. The Hall–Kier alpha value is -1.61. The summed E-state index contributed by atoms with van der Waals surface area (Å²) >= 11 is 7.52. The molecule has 1 unspecified atom stereocenters. The molecule has 1 aliphatic heterocycles. The molecule has 1 heterocycles. The lowest BCUT2D eigenvalue weighted by molar-refractivity contribution is -0.385. The summed E-state index contributed by atoms with van der Waals surface area (Å²) in [5.41, 5.74) is 1.01. The van der Waals surface area contributed by atoms with Gasteiger partial charge in [-0.05, 0) is 30.7 Å². The Balaban J connectivity index is 2.02. The number of benzene rings is 2. The van der Waals surface area contributed by atoms with E-state index in [2.05, 4.69) is 0 Å². The fourth-order valence-corrected chi connectivity index (χ4v) is 6.16. The SMILES string of the molecule is Cc1ccc(S(=O)(=O)N2CCSC2c2cccc(Cl)c2)cc1[N+](=O)[O-]. The molecule has 1 fully saturated rings. The minimum Gasteiger partial charge on any atom is -0.258 e. The van der Waals surface area contributed by atoms with Gasteiger partial charge in [0, 0.05) is 29.0 Å². The van der Waals surface area contributed by atoms with E-state index in [1.54, 1.807) is 25.1 Å². The van der Waals surface area contributed by atoms with E-state index in [1.807, 2.05) is 6.07 Å². The van der Waals surface area contributed by atoms with Gasteiger partial charge in [0.05, 0.1) is 15.2 Å². The first-order chi connectivity index (χ1) is 11.8. The van der Waals surface area contributed by atoms with Crippen LogP contribution in [0.1, 0.15) is 16.5 Å². The van der Waals surface area contributed by atoms with Crippen LogP contribution in [-0.2, 0) is 10.0 Å². The third-order valence-electron chi connectivity index (χ3n) is 3.97. The number of rotatable bonds is 4. The highest BCUT2D eigenvalue weighted by Crippen LogP contribution is 2.42. The second-order valence-electron chi connectivity index (χ2n) is 5.60. The van der Waals surface area contributed by atoms with Crippen molar-refractivity contribution in [2.24, 2.45) is 0 Å². The Bertz CT molecular complexity index is 933. The molecule has 0 saturated carbocycles. The van der Waals surface area contributed by atoms with E-state index in [9.17, 15) is 18.5 Å². The molecule has 0 aliphatic carbocycles. The molecule has 0 bridgehead atoms. The van der Waals surface area contributed by atoms with Gasteiger partial charge in [0.15, 0.2) is 0 Å². The van der Waals surface area contributed by atoms with Crippen molar-refractivity contribution >= 4 is 39.1 Å². The zero-order valence-corrected chi connectivity index (χ0v) is 15.6. The number of nitrogens with zero attached hydrogens (tertiary/aromatic N) is 2. The van der Waals surface area contributed by atoms with Crippen LogP contribution in [0.15, 0.2) is 47.4 Å². The van der Waals surface area contributed by atoms with Gasteiger partial charge in [0.2, 0.25) is 10.0 Å². The summed E-state index contributed by atoms with van der Waals surface area (Å²) in [6.07, 6.45) is 0. The Morgan fingerprint density at radius 2 is 2.04 bits per heavy atom. The van der Waals surface area contributed by atoms with Crippen molar-refractivity contribution in [2.45, 2.75) is 17.2 Å². The third kappa shape index (κ3) is 3.52. The number of hydrogen-bond donors (Lipinski definition) is 0. The number of thioether (sulfide) groups is 1. The molecule has 9 heteroatoms. The van der Waals surface area contributed by atoms with Crippen LogP contribution in [0.3, 0.4) is 0 Å². The molecule has 6 nitrogen and oxygen atoms in total. The van der Waals surface area contributed by atoms with Gasteiger partial charge in [0.1, 0.15) is 0 Å². The second-order valence-corrected chi connectivity index (χ2v) is 9.11. The van der Waals surface area contributed by atoms with Gasteiger partial charge in [0.25, 0.3) is 5.69 Å². The molecule has 1 aliphatic rings. The van der Waals surface area contributed by atoms with Crippen molar-refractivity contribution in [1.29, 1.82) is 0 Å². The first kappa shape index (κ1) is 18.2. The summed E-state index contributed by atoms with van der Waals surface area (Å²) < 4.78 is 27.5. The molecule has 1 atom stereocenters. The van der Waals surface area contributed by atoms with E-state index in [0.29, 0.717) is 22.9 Å². The first-order valence-electron chi connectivity index (χ1n) is 7.44. The Kier molecular flexibility index (Phi) is 5.06. The number of nitro groups is 1. The monoisotopic (exact) mass is 398 g/mol. The summed E-state index contributed by atoms with van der Waals surface area (Å²) in [6.45, 7) is 1.92. The molecule has 0 N–H and O–H groups in total. The Labute approximate surface area is 155 Å². The van der Waals surface area contributed by atoms with Crippen LogP contribution >= 0.6 is 23.4 Å². The van der Waals surface area contributed by atoms with Gasteiger partial charge in [-0.2, -0.15) is 4.31 Å².